The minimum absolute atomic E-state index is 0.0306. The number of nitrogens with zero attached hydrogens (tertiary/aromatic N) is 2. The zero-order chi connectivity index (χ0) is 12.4. The van der Waals surface area contributed by atoms with Crippen molar-refractivity contribution in [1.29, 1.82) is 0 Å². The van der Waals surface area contributed by atoms with Crippen molar-refractivity contribution in [3.8, 4) is 0 Å². The number of hydrogen-bond acceptors (Lipinski definition) is 3. The Morgan fingerprint density at radius 3 is 2.24 bits per heavy atom. The highest BCUT2D eigenvalue weighted by Gasteiger charge is 2.21. The highest BCUT2D eigenvalue weighted by atomic mass is 19.1. The fraction of sp³-hybridized carbons (Fsp3) is 0.364. The number of anilines is 1. The molecule has 0 amide bonds. The summed E-state index contributed by atoms with van der Waals surface area (Å²) < 4.78 is 27.6. The Labute approximate surface area is 97.3 Å². The Kier molecular flexibility index (Phi) is 3.12. The molecule has 1 fully saturated rings. The van der Waals surface area contributed by atoms with Crippen molar-refractivity contribution in [3.05, 3.63) is 29.3 Å². The first-order valence-electron chi connectivity index (χ1n) is 5.35. The predicted molar refractivity (Wildman–Crippen MR) is 60.3 cm³/mol. The van der Waals surface area contributed by atoms with Crippen molar-refractivity contribution in [1.82, 2.24) is 0 Å². The van der Waals surface area contributed by atoms with Gasteiger partial charge < -0.3 is 15.8 Å². The van der Waals surface area contributed by atoms with Crippen LogP contribution in [-0.4, -0.2) is 24.1 Å². The number of halogens is 2. The molecular weight excluding hydrogens is 228 g/mol. The lowest BCUT2D eigenvalue weighted by atomic mass is 10.1. The summed E-state index contributed by atoms with van der Waals surface area (Å²) in [5, 5.41) is 11.2. The van der Waals surface area contributed by atoms with Crippen molar-refractivity contribution in [3.63, 3.8) is 0 Å². The average Bonchev–Trinajstić information content (AvgIpc) is 2.80. The van der Waals surface area contributed by atoms with Crippen LogP contribution in [0.15, 0.2) is 17.3 Å². The average molecular weight is 241 g/mol. The number of oxime groups is 1. The maximum absolute atomic E-state index is 13.8. The molecule has 2 rings (SSSR count). The van der Waals surface area contributed by atoms with E-state index in [2.05, 4.69) is 5.16 Å². The second-order valence-corrected chi connectivity index (χ2v) is 3.97. The van der Waals surface area contributed by atoms with Crippen molar-refractivity contribution >= 4 is 11.5 Å². The van der Waals surface area contributed by atoms with Gasteiger partial charge >= 0.3 is 0 Å². The highest BCUT2D eigenvalue weighted by molar-refractivity contribution is 5.97. The lowest BCUT2D eigenvalue weighted by Gasteiger charge is -2.19. The largest absolute Gasteiger partial charge is 0.409 e. The van der Waals surface area contributed by atoms with Crippen LogP contribution in [0.1, 0.15) is 18.4 Å². The van der Waals surface area contributed by atoms with E-state index in [9.17, 15) is 8.78 Å². The standard InChI is InChI=1S/C11H13F2N3O/c12-8-5-7(11(14)15-17)6-9(13)10(8)16-3-1-2-4-16/h5-6,17H,1-4H2,(H2,14,15). The minimum atomic E-state index is -0.687. The topological polar surface area (TPSA) is 61.9 Å². The molecule has 1 saturated heterocycles. The SMILES string of the molecule is N/C(=N/O)c1cc(F)c(N2CCCC2)c(F)c1. The Morgan fingerprint density at radius 2 is 1.76 bits per heavy atom. The van der Waals surface area contributed by atoms with E-state index in [1.165, 1.54) is 0 Å². The Hall–Kier alpha value is -1.85. The van der Waals surface area contributed by atoms with E-state index in [0.717, 1.165) is 25.0 Å². The molecule has 92 valence electrons. The van der Waals surface area contributed by atoms with Crippen molar-refractivity contribution < 1.29 is 14.0 Å². The van der Waals surface area contributed by atoms with Crippen molar-refractivity contribution in [2.24, 2.45) is 10.9 Å². The monoisotopic (exact) mass is 241 g/mol. The maximum atomic E-state index is 13.8. The third kappa shape index (κ3) is 2.15. The van der Waals surface area contributed by atoms with Gasteiger partial charge in [-0.3, -0.25) is 0 Å². The van der Waals surface area contributed by atoms with Gasteiger partial charge in [0.05, 0.1) is 0 Å². The first kappa shape index (κ1) is 11.6. The van der Waals surface area contributed by atoms with Crippen LogP contribution in [0.3, 0.4) is 0 Å². The summed E-state index contributed by atoms with van der Waals surface area (Å²) >= 11 is 0. The van der Waals surface area contributed by atoms with Gasteiger partial charge in [0.2, 0.25) is 0 Å². The van der Waals surface area contributed by atoms with Crippen LogP contribution in [-0.2, 0) is 0 Å². The highest BCUT2D eigenvalue weighted by Crippen LogP contribution is 2.27. The second-order valence-electron chi connectivity index (χ2n) is 3.97. The lowest BCUT2D eigenvalue weighted by Crippen LogP contribution is -2.22. The smallest absolute Gasteiger partial charge is 0.170 e. The lowest BCUT2D eigenvalue weighted by molar-refractivity contribution is 0.318. The molecule has 0 saturated carbocycles. The molecule has 6 heteroatoms. The molecule has 0 radical (unpaired) electrons. The summed E-state index contributed by atoms with van der Waals surface area (Å²) in [5.74, 6) is -1.68. The van der Waals surface area contributed by atoms with Gasteiger partial charge in [0.15, 0.2) is 5.84 Å². The molecule has 0 spiro atoms. The molecule has 3 N–H and O–H groups in total. The molecule has 0 unspecified atom stereocenters. The van der Waals surface area contributed by atoms with Crippen LogP contribution >= 0.6 is 0 Å². The molecule has 1 aliphatic heterocycles. The fourth-order valence-electron chi connectivity index (χ4n) is 2.01. The van der Waals surface area contributed by atoms with E-state index < -0.39 is 11.6 Å². The van der Waals surface area contributed by atoms with Crippen LogP contribution in [0.5, 0.6) is 0 Å². The summed E-state index contributed by atoms with van der Waals surface area (Å²) in [6, 6.07) is 2.15. The molecular formula is C11H13F2N3O. The summed E-state index contributed by atoms with van der Waals surface area (Å²) in [5.41, 5.74) is 5.29. The van der Waals surface area contributed by atoms with Gasteiger partial charge in [-0.15, -0.1) is 0 Å². The quantitative estimate of drug-likeness (QED) is 0.358. The van der Waals surface area contributed by atoms with Crippen LogP contribution in [0, 0.1) is 11.6 Å². The van der Waals surface area contributed by atoms with Crippen molar-refractivity contribution in [2.75, 3.05) is 18.0 Å². The summed E-state index contributed by atoms with van der Waals surface area (Å²) in [6.45, 7) is 1.30. The Bertz CT molecular complexity index is 433. The van der Waals surface area contributed by atoms with Crippen LogP contribution < -0.4 is 10.6 Å². The summed E-state index contributed by atoms with van der Waals surface area (Å²) in [4.78, 5) is 1.67. The molecule has 1 aromatic carbocycles. The van der Waals surface area contributed by atoms with E-state index in [1.807, 2.05) is 0 Å². The third-order valence-electron chi connectivity index (χ3n) is 2.84. The molecule has 0 bridgehead atoms. The molecule has 1 aliphatic rings. The number of nitrogens with two attached hydrogens (primary N) is 1. The number of amidine groups is 1. The molecule has 0 aromatic heterocycles. The molecule has 0 aliphatic carbocycles. The minimum Gasteiger partial charge on any atom is -0.409 e. The third-order valence-corrected chi connectivity index (χ3v) is 2.84. The Balaban J connectivity index is 2.42. The van der Waals surface area contributed by atoms with E-state index >= 15 is 0 Å². The van der Waals surface area contributed by atoms with Gasteiger partial charge in [-0.25, -0.2) is 8.78 Å². The number of benzene rings is 1. The predicted octanol–water partition coefficient (Wildman–Crippen LogP) is 1.66. The van der Waals surface area contributed by atoms with Gasteiger partial charge in [0.25, 0.3) is 0 Å². The van der Waals surface area contributed by atoms with Gasteiger partial charge in [-0.1, -0.05) is 5.16 Å². The summed E-state index contributed by atoms with van der Waals surface area (Å²) in [7, 11) is 0. The van der Waals surface area contributed by atoms with E-state index in [1.54, 1.807) is 4.90 Å². The van der Waals surface area contributed by atoms with Gasteiger partial charge in [-0.05, 0) is 25.0 Å². The summed E-state index contributed by atoms with van der Waals surface area (Å²) in [6.07, 6.45) is 1.86. The second kappa shape index (κ2) is 4.57. The normalized spacial score (nSPS) is 16.6. The van der Waals surface area contributed by atoms with E-state index in [4.69, 9.17) is 10.9 Å². The van der Waals surface area contributed by atoms with Gasteiger partial charge in [-0.2, -0.15) is 0 Å². The molecule has 1 aromatic rings. The molecule has 0 atom stereocenters. The van der Waals surface area contributed by atoms with E-state index in [0.29, 0.717) is 13.1 Å². The number of hydrogen-bond donors (Lipinski definition) is 2. The molecule has 1 heterocycles. The van der Waals surface area contributed by atoms with Crippen LogP contribution in [0.4, 0.5) is 14.5 Å². The molecule has 4 nitrogen and oxygen atoms in total. The van der Waals surface area contributed by atoms with Gasteiger partial charge in [0, 0.05) is 18.7 Å². The van der Waals surface area contributed by atoms with Crippen LogP contribution in [0.2, 0.25) is 0 Å². The van der Waals surface area contributed by atoms with Crippen molar-refractivity contribution in [2.45, 2.75) is 12.8 Å². The number of rotatable bonds is 2. The maximum Gasteiger partial charge on any atom is 0.170 e. The molecule has 17 heavy (non-hydrogen) atoms. The fourth-order valence-corrected chi connectivity index (χ4v) is 2.01. The zero-order valence-electron chi connectivity index (χ0n) is 9.16. The first-order valence-corrected chi connectivity index (χ1v) is 5.35. The zero-order valence-corrected chi connectivity index (χ0v) is 9.16. The van der Waals surface area contributed by atoms with Crippen LogP contribution in [0.25, 0.3) is 0 Å². The van der Waals surface area contributed by atoms with E-state index in [-0.39, 0.29) is 17.1 Å². The first-order chi connectivity index (χ1) is 8.13. The Morgan fingerprint density at radius 1 is 1.24 bits per heavy atom. The van der Waals surface area contributed by atoms with Gasteiger partial charge in [0.1, 0.15) is 17.3 Å².